The van der Waals surface area contributed by atoms with Crippen molar-refractivity contribution in [2.45, 2.75) is 37.8 Å². The van der Waals surface area contributed by atoms with Crippen molar-refractivity contribution >= 4 is 51.4 Å². The molecule has 0 fully saturated rings. The fourth-order valence-electron chi connectivity index (χ4n) is 4.26. The number of carbonyl (C=O) groups is 2. The van der Waals surface area contributed by atoms with Crippen LogP contribution in [0.4, 0.5) is 0 Å². The molecule has 0 saturated heterocycles. The Morgan fingerprint density at radius 2 is 1.86 bits per heavy atom. The second-order valence-electron chi connectivity index (χ2n) is 8.77. The Bertz CT molecular complexity index is 1570. The van der Waals surface area contributed by atoms with E-state index in [1.165, 1.54) is 35.0 Å². The number of aryl methyl sites for hydroxylation is 3. The minimum absolute atomic E-state index is 0.0180. The molecule has 0 saturated carbocycles. The van der Waals surface area contributed by atoms with Crippen LogP contribution in [0.15, 0.2) is 63.6 Å². The van der Waals surface area contributed by atoms with Crippen LogP contribution in [0, 0.1) is 6.92 Å². The van der Waals surface area contributed by atoms with Crippen LogP contribution in [-0.2, 0) is 17.6 Å². The van der Waals surface area contributed by atoms with Gasteiger partial charge in [0, 0.05) is 4.88 Å². The Morgan fingerprint density at radius 3 is 2.59 bits per heavy atom. The number of thiophene rings is 1. The maximum Gasteiger partial charge on any atom is 0.335 e. The number of benzene rings is 2. The third-order valence-corrected chi connectivity index (χ3v) is 8.27. The SMILES string of the molecule is Cc1ccc(-n2c(SCC(=O)NN=Cc3ccc(C(=O)O)cc3)nc3sc4c(c3c2=O)CCCC4)cc1. The summed E-state index contributed by atoms with van der Waals surface area (Å²) in [4.78, 5) is 44.0. The number of rotatable bonds is 7. The number of hydrogen-bond donors (Lipinski definition) is 2. The van der Waals surface area contributed by atoms with E-state index in [1.807, 2.05) is 31.2 Å². The number of aromatic carboxylic acids is 1. The van der Waals surface area contributed by atoms with Gasteiger partial charge in [0.2, 0.25) is 0 Å². The summed E-state index contributed by atoms with van der Waals surface area (Å²) >= 11 is 2.77. The number of carboxylic acids is 1. The molecule has 1 amide bonds. The van der Waals surface area contributed by atoms with E-state index in [4.69, 9.17) is 10.1 Å². The first-order valence-electron chi connectivity index (χ1n) is 11.8. The Balaban J connectivity index is 1.38. The molecule has 0 aliphatic heterocycles. The average molecular weight is 533 g/mol. The molecular formula is C27H24N4O4S2. The van der Waals surface area contributed by atoms with E-state index in [9.17, 15) is 14.4 Å². The van der Waals surface area contributed by atoms with Crippen LogP contribution in [0.1, 0.15) is 44.8 Å². The fourth-order valence-corrected chi connectivity index (χ4v) is 6.37. The fraction of sp³-hybridized carbons (Fsp3) is 0.222. The maximum atomic E-state index is 13.8. The summed E-state index contributed by atoms with van der Waals surface area (Å²) in [5.41, 5.74) is 6.14. The lowest BCUT2D eigenvalue weighted by molar-refractivity contribution is -0.118. The molecule has 10 heteroatoms. The molecule has 5 rings (SSSR count). The molecular weight excluding hydrogens is 508 g/mol. The monoisotopic (exact) mass is 532 g/mol. The highest BCUT2D eigenvalue weighted by Crippen LogP contribution is 2.35. The van der Waals surface area contributed by atoms with E-state index in [0.717, 1.165) is 41.6 Å². The van der Waals surface area contributed by atoms with Crippen LogP contribution >= 0.6 is 23.1 Å². The number of fused-ring (bicyclic) bond motifs is 3. The zero-order valence-electron chi connectivity index (χ0n) is 20.1. The summed E-state index contributed by atoms with van der Waals surface area (Å²) in [5, 5.41) is 14.1. The van der Waals surface area contributed by atoms with Crippen LogP contribution in [0.5, 0.6) is 0 Å². The minimum atomic E-state index is -1.01. The predicted octanol–water partition coefficient (Wildman–Crippen LogP) is 4.58. The van der Waals surface area contributed by atoms with Crippen LogP contribution in [0.3, 0.4) is 0 Å². The van der Waals surface area contributed by atoms with Gasteiger partial charge in [-0.05, 0) is 68.0 Å². The summed E-state index contributed by atoms with van der Waals surface area (Å²) in [6, 6.07) is 13.8. The van der Waals surface area contributed by atoms with E-state index in [-0.39, 0.29) is 22.8 Å². The average Bonchev–Trinajstić information content (AvgIpc) is 3.27. The van der Waals surface area contributed by atoms with Crippen molar-refractivity contribution in [1.82, 2.24) is 15.0 Å². The Morgan fingerprint density at radius 1 is 1.14 bits per heavy atom. The van der Waals surface area contributed by atoms with Gasteiger partial charge in [0.15, 0.2) is 5.16 Å². The Labute approximate surface area is 221 Å². The first-order valence-corrected chi connectivity index (χ1v) is 13.6. The summed E-state index contributed by atoms with van der Waals surface area (Å²) in [5.74, 6) is -1.34. The standard InChI is InChI=1S/C27H24N4O4S2/c1-16-6-12-19(13-7-16)31-25(33)23-20-4-2-3-5-21(20)37-24(23)29-27(31)36-15-22(32)30-28-14-17-8-10-18(11-9-17)26(34)35/h6-14H,2-5,15H2,1H3,(H,30,32)(H,34,35). The number of carbonyl (C=O) groups excluding carboxylic acids is 1. The summed E-state index contributed by atoms with van der Waals surface area (Å²) in [7, 11) is 0. The summed E-state index contributed by atoms with van der Waals surface area (Å²) in [6.07, 6.45) is 5.51. The van der Waals surface area contributed by atoms with E-state index in [1.54, 1.807) is 28.0 Å². The Hall–Kier alpha value is -3.76. The smallest absolute Gasteiger partial charge is 0.335 e. The van der Waals surface area contributed by atoms with Gasteiger partial charge in [0.1, 0.15) is 4.83 Å². The normalized spacial score (nSPS) is 13.1. The van der Waals surface area contributed by atoms with Gasteiger partial charge in [-0.2, -0.15) is 5.10 Å². The number of amides is 1. The van der Waals surface area contributed by atoms with E-state index < -0.39 is 5.97 Å². The number of hydrogen-bond acceptors (Lipinski definition) is 7. The molecule has 0 radical (unpaired) electrons. The van der Waals surface area contributed by atoms with E-state index in [2.05, 4.69) is 10.5 Å². The molecule has 2 aromatic heterocycles. The molecule has 4 aromatic rings. The van der Waals surface area contributed by atoms with Crippen molar-refractivity contribution < 1.29 is 14.7 Å². The van der Waals surface area contributed by atoms with Crippen LogP contribution < -0.4 is 11.0 Å². The molecule has 37 heavy (non-hydrogen) atoms. The largest absolute Gasteiger partial charge is 0.478 e. The minimum Gasteiger partial charge on any atom is -0.478 e. The number of aromatic nitrogens is 2. The highest BCUT2D eigenvalue weighted by atomic mass is 32.2. The lowest BCUT2D eigenvalue weighted by Crippen LogP contribution is -2.24. The molecule has 2 aromatic carbocycles. The van der Waals surface area contributed by atoms with Gasteiger partial charge in [-0.3, -0.25) is 14.2 Å². The number of carboxylic acid groups (broad SMARTS) is 1. The number of nitrogens with zero attached hydrogens (tertiary/aromatic N) is 3. The first-order chi connectivity index (χ1) is 17.9. The van der Waals surface area contributed by atoms with Gasteiger partial charge in [-0.25, -0.2) is 15.2 Å². The van der Waals surface area contributed by atoms with Gasteiger partial charge in [0.05, 0.1) is 28.6 Å². The number of nitrogens with one attached hydrogen (secondary N) is 1. The lowest BCUT2D eigenvalue weighted by Gasteiger charge is -2.13. The lowest BCUT2D eigenvalue weighted by atomic mass is 9.97. The molecule has 188 valence electrons. The number of thioether (sulfide) groups is 1. The van der Waals surface area contributed by atoms with Crippen molar-refractivity contribution in [3.8, 4) is 5.69 Å². The highest BCUT2D eigenvalue weighted by molar-refractivity contribution is 7.99. The van der Waals surface area contributed by atoms with E-state index >= 15 is 0 Å². The zero-order chi connectivity index (χ0) is 25.9. The first kappa shape index (κ1) is 24.9. The third-order valence-electron chi connectivity index (χ3n) is 6.14. The van der Waals surface area contributed by atoms with Crippen molar-refractivity contribution in [3.05, 3.63) is 86.0 Å². The summed E-state index contributed by atoms with van der Waals surface area (Å²) in [6.45, 7) is 1.99. The predicted molar refractivity (Wildman–Crippen MR) is 146 cm³/mol. The molecule has 2 N–H and O–H groups in total. The number of hydrazone groups is 1. The molecule has 0 unspecified atom stereocenters. The van der Waals surface area contributed by atoms with Gasteiger partial charge in [-0.15, -0.1) is 11.3 Å². The van der Waals surface area contributed by atoms with E-state index in [0.29, 0.717) is 21.8 Å². The molecule has 1 aliphatic rings. The third kappa shape index (κ3) is 5.35. The molecule has 0 atom stereocenters. The summed E-state index contributed by atoms with van der Waals surface area (Å²) < 4.78 is 1.61. The van der Waals surface area contributed by atoms with Crippen LogP contribution in [0.25, 0.3) is 15.9 Å². The maximum absolute atomic E-state index is 13.8. The van der Waals surface area contributed by atoms with Gasteiger partial charge >= 0.3 is 5.97 Å². The van der Waals surface area contributed by atoms with Crippen LogP contribution in [-0.4, -0.2) is 38.5 Å². The second kappa shape index (κ2) is 10.7. The van der Waals surface area contributed by atoms with Gasteiger partial charge in [0.25, 0.3) is 11.5 Å². The molecule has 8 nitrogen and oxygen atoms in total. The van der Waals surface area contributed by atoms with Gasteiger partial charge < -0.3 is 5.11 Å². The Kier molecular flexibility index (Phi) is 7.20. The molecule has 0 spiro atoms. The topological polar surface area (TPSA) is 114 Å². The van der Waals surface area contributed by atoms with Gasteiger partial charge in [-0.1, -0.05) is 41.6 Å². The quantitative estimate of drug-likeness (QED) is 0.156. The second-order valence-corrected chi connectivity index (χ2v) is 10.8. The highest BCUT2D eigenvalue weighted by Gasteiger charge is 2.23. The van der Waals surface area contributed by atoms with Crippen molar-refractivity contribution in [2.75, 3.05) is 5.75 Å². The molecule has 2 heterocycles. The zero-order valence-corrected chi connectivity index (χ0v) is 21.7. The van der Waals surface area contributed by atoms with Crippen molar-refractivity contribution in [2.24, 2.45) is 5.10 Å². The van der Waals surface area contributed by atoms with Crippen molar-refractivity contribution in [1.29, 1.82) is 0 Å². The molecule has 0 bridgehead atoms. The van der Waals surface area contributed by atoms with Crippen LogP contribution in [0.2, 0.25) is 0 Å². The van der Waals surface area contributed by atoms with Crippen molar-refractivity contribution in [3.63, 3.8) is 0 Å². The molecule has 1 aliphatic carbocycles.